The molecule has 20 heavy (non-hydrogen) atoms. The minimum atomic E-state index is -0.323. The van der Waals surface area contributed by atoms with Crippen molar-refractivity contribution in [3.63, 3.8) is 0 Å². The van der Waals surface area contributed by atoms with Crippen LogP contribution in [0.2, 0.25) is 0 Å². The fourth-order valence-corrected chi connectivity index (χ4v) is 2.13. The van der Waals surface area contributed by atoms with Gasteiger partial charge in [-0.1, -0.05) is 6.07 Å². The molecule has 4 nitrogen and oxygen atoms in total. The van der Waals surface area contributed by atoms with Gasteiger partial charge in [-0.3, -0.25) is 4.79 Å². The molecule has 1 fully saturated rings. The number of hydrogen-bond donors (Lipinski definition) is 2. The molecule has 0 unspecified atom stereocenters. The lowest BCUT2D eigenvalue weighted by Crippen LogP contribution is -2.39. The third-order valence-corrected chi connectivity index (χ3v) is 3.18. The molecular formula is C14H20ClFN2O2. The van der Waals surface area contributed by atoms with E-state index in [1.807, 2.05) is 0 Å². The van der Waals surface area contributed by atoms with Crippen LogP contribution in [-0.4, -0.2) is 32.1 Å². The number of nitrogens with one attached hydrogen (secondary N) is 2. The topological polar surface area (TPSA) is 50.4 Å². The van der Waals surface area contributed by atoms with Crippen molar-refractivity contribution in [2.75, 3.05) is 26.2 Å². The van der Waals surface area contributed by atoms with Gasteiger partial charge in [0.15, 0.2) is 0 Å². The fourth-order valence-electron chi connectivity index (χ4n) is 2.13. The van der Waals surface area contributed by atoms with Gasteiger partial charge in [0, 0.05) is 12.0 Å². The maximum Gasteiger partial charge on any atom is 0.223 e. The number of rotatable bonds is 5. The summed E-state index contributed by atoms with van der Waals surface area (Å²) in [6.07, 6.45) is 1.77. The molecule has 0 spiro atoms. The van der Waals surface area contributed by atoms with Crippen LogP contribution in [0.3, 0.4) is 0 Å². The Morgan fingerprint density at radius 1 is 1.40 bits per heavy atom. The highest BCUT2D eigenvalue weighted by Gasteiger charge is 2.20. The van der Waals surface area contributed by atoms with Crippen LogP contribution in [0.15, 0.2) is 24.3 Å². The lowest BCUT2D eigenvalue weighted by molar-refractivity contribution is -0.125. The first-order valence-electron chi connectivity index (χ1n) is 6.62. The molecule has 112 valence electrons. The average molecular weight is 303 g/mol. The van der Waals surface area contributed by atoms with Crippen molar-refractivity contribution in [3.8, 4) is 5.75 Å². The van der Waals surface area contributed by atoms with Gasteiger partial charge < -0.3 is 15.4 Å². The molecule has 0 saturated carbocycles. The van der Waals surface area contributed by atoms with Gasteiger partial charge in [-0.25, -0.2) is 4.39 Å². The Hall–Kier alpha value is -1.33. The summed E-state index contributed by atoms with van der Waals surface area (Å²) in [6, 6.07) is 5.98. The quantitative estimate of drug-likeness (QED) is 0.815. The van der Waals surface area contributed by atoms with Crippen LogP contribution in [0.25, 0.3) is 0 Å². The largest absolute Gasteiger partial charge is 0.492 e. The van der Waals surface area contributed by atoms with Gasteiger partial charge in [0.25, 0.3) is 0 Å². The van der Waals surface area contributed by atoms with E-state index in [0.29, 0.717) is 18.9 Å². The average Bonchev–Trinajstić information content (AvgIpc) is 2.44. The van der Waals surface area contributed by atoms with E-state index in [1.54, 1.807) is 12.1 Å². The molecule has 1 aromatic rings. The summed E-state index contributed by atoms with van der Waals surface area (Å²) in [6.45, 7) is 2.59. The summed E-state index contributed by atoms with van der Waals surface area (Å²) in [5, 5.41) is 6.08. The Labute approximate surface area is 124 Å². The van der Waals surface area contributed by atoms with Crippen molar-refractivity contribution in [1.82, 2.24) is 10.6 Å². The molecule has 6 heteroatoms. The number of carbonyl (C=O) groups excluding carboxylic acids is 1. The molecule has 0 aliphatic carbocycles. The molecule has 0 aromatic heterocycles. The zero-order valence-electron chi connectivity index (χ0n) is 11.2. The highest BCUT2D eigenvalue weighted by Crippen LogP contribution is 2.12. The first-order chi connectivity index (χ1) is 9.25. The van der Waals surface area contributed by atoms with Gasteiger partial charge in [-0.2, -0.15) is 0 Å². The third-order valence-electron chi connectivity index (χ3n) is 3.18. The Morgan fingerprint density at radius 2 is 2.15 bits per heavy atom. The van der Waals surface area contributed by atoms with Gasteiger partial charge in [-0.15, -0.1) is 12.4 Å². The molecule has 0 radical (unpaired) electrons. The summed E-state index contributed by atoms with van der Waals surface area (Å²) in [5.74, 6) is 0.354. The Bertz CT molecular complexity index is 425. The lowest BCUT2D eigenvalue weighted by atomic mass is 9.97. The molecule has 1 saturated heterocycles. The predicted octanol–water partition coefficient (Wildman–Crippen LogP) is 1.74. The molecule has 0 bridgehead atoms. The second kappa shape index (κ2) is 8.76. The van der Waals surface area contributed by atoms with E-state index in [4.69, 9.17) is 4.74 Å². The van der Waals surface area contributed by atoms with E-state index < -0.39 is 0 Å². The van der Waals surface area contributed by atoms with E-state index in [2.05, 4.69) is 10.6 Å². The summed E-state index contributed by atoms with van der Waals surface area (Å²) < 4.78 is 18.2. The number of hydrogen-bond acceptors (Lipinski definition) is 3. The highest BCUT2D eigenvalue weighted by molar-refractivity contribution is 5.85. The second-order valence-electron chi connectivity index (χ2n) is 4.62. The Kier molecular flexibility index (Phi) is 7.33. The number of piperidine rings is 1. The number of ether oxygens (including phenoxy) is 1. The molecule has 2 N–H and O–H groups in total. The predicted molar refractivity (Wildman–Crippen MR) is 77.7 cm³/mol. The third kappa shape index (κ3) is 5.35. The number of halogens is 2. The maximum atomic E-state index is 12.9. The molecule has 1 aliphatic heterocycles. The molecule has 1 aromatic carbocycles. The Balaban J connectivity index is 0.00000200. The van der Waals surface area contributed by atoms with Crippen molar-refractivity contribution < 1.29 is 13.9 Å². The van der Waals surface area contributed by atoms with Crippen molar-refractivity contribution in [3.05, 3.63) is 30.1 Å². The van der Waals surface area contributed by atoms with Gasteiger partial charge in [-0.05, 0) is 38.1 Å². The van der Waals surface area contributed by atoms with Crippen LogP contribution in [-0.2, 0) is 4.79 Å². The standard InChI is InChI=1S/C14H19FN2O2.ClH/c15-12-2-1-3-13(10-12)19-9-8-17-14(18)11-4-6-16-7-5-11;/h1-3,10-11,16H,4-9H2,(H,17,18);1H. The van der Waals surface area contributed by atoms with E-state index in [0.717, 1.165) is 25.9 Å². The second-order valence-corrected chi connectivity index (χ2v) is 4.62. The lowest BCUT2D eigenvalue weighted by Gasteiger charge is -2.21. The first kappa shape index (κ1) is 16.7. The zero-order chi connectivity index (χ0) is 13.5. The molecule has 1 amide bonds. The van der Waals surface area contributed by atoms with Crippen molar-refractivity contribution in [2.24, 2.45) is 5.92 Å². The van der Waals surface area contributed by atoms with Crippen LogP contribution in [0.1, 0.15) is 12.8 Å². The van der Waals surface area contributed by atoms with Crippen LogP contribution in [0.5, 0.6) is 5.75 Å². The number of benzene rings is 1. The Morgan fingerprint density at radius 3 is 2.85 bits per heavy atom. The van der Waals surface area contributed by atoms with Gasteiger partial charge in [0.1, 0.15) is 18.2 Å². The zero-order valence-corrected chi connectivity index (χ0v) is 12.0. The smallest absolute Gasteiger partial charge is 0.223 e. The van der Waals surface area contributed by atoms with Crippen molar-refractivity contribution in [2.45, 2.75) is 12.8 Å². The fraction of sp³-hybridized carbons (Fsp3) is 0.500. The summed E-state index contributed by atoms with van der Waals surface area (Å²) in [5.41, 5.74) is 0. The van der Waals surface area contributed by atoms with Gasteiger partial charge in [0.2, 0.25) is 5.91 Å². The van der Waals surface area contributed by atoms with Crippen molar-refractivity contribution in [1.29, 1.82) is 0 Å². The highest BCUT2D eigenvalue weighted by atomic mass is 35.5. The van der Waals surface area contributed by atoms with E-state index in [9.17, 15) is 9.18 Å². The summed E-state index contributed by atoms with van der Waals surface area (Å²) in [4.78, 5) is 11.8. The normalized spacial score (nSPS) is 15.2. The van der Waals surface area contributed by atoms with Gasteiger partial charge in [0.05, 0.1) is 6.54 Å². The molecule has 2 rings (SSSR count). The maximum absolute atomic E-state index is 12.9. The number of amides is 1. The minimum absolute atomic E-state index is 0. The van der Waals surface area contributed by atoms with Crippen LogP contribution in [0, 0.1) is 11.7 Å². The molecule has 1 aliphatic rings. The van der Waals surface area contributed by atoms with E-state index in [-0.39, 0.29) is 30.0 Å². The molecule has 1 heterocycles. The summed E-state index contributed by atoms with van der Waals surface area (Å²) >= 11 is 0. The van der Waals surface area contributed by atoms with Crippen molar-refractivity contribution >= 4 is 18.3 Å². The first-order valence-corrected chi connectivity index (χ1v) is 6.62. The van der Waals surface area contributed by atoms with Gasteiger partial charge >= 0.3 is 0 Å². The monoisotopic (exact) mass is 302 g/mol. The number of carbonyl (C=O) groups is 1. The van der Waals surface area contributed by atoms with E-state index >= 15 is 0 Å². The van der Waals surface area contributed by atoms with Crippen LogP contribution >= 0.6 is 12.4 Å². The molecule has 0 atom stereocenters. The van der Waals surface area contributed by atoms with Crippen LogP contribution in [0.4, 0.5) is 4.39 Å². The SMILES string of the molecule is Cl.O=C(NCCOc1cccc(F)c1)C1CCNCC1. The summed E-state index contributed by atoms with van der Waals surface area (Å²) in [7, 11) is 0. The minimum Gasteiger partial charge on any atom is -0.492 e. The van der Waals surface area contributed by atoms with Crippen LogP contribution < -0.4 is 15.4 Å². The van der Waals surface area contributed by atoms with E-state index in [1.165, 1.54) is 12.1 Å². The molecular weight excluding hydrogens is 283 g/mol.